The Morgan fingerprint density at radius 1 is 1.03 bits per heavy atom. The molecule has 1 atom stereocenters. The van der Waals surface area contributed by atoms with E-state index in [2.05, 4.69) is 10.0 Å². The topological polar surface area (TPSA) is 88.4 Å². The fourth-order valence-electron chi connectivity index (χ4n) is 3.13. The second-order valence-electron chi connectivity index (χ2n) is 6.84. The van der Waals surface area contributed by atoms with Crippen LogP contribution >= 0.6 is 0 Å². The molecule has 1 heterocycles. The zero-order valence-electron chi connectivity index (χ0n) is 16.4. The Balaban J connectivity index is 1.62. The molecule has 152 valence electrons. The first-order chi connectivity index (χ1) is 13.9. The number of aryl methyl sites for hydroxylation is 2. The highest BCUT2D eigenvalue weighted by molar-refractivity contribution is 7.89. The lowest BCUT2D eigenvalue weighted by Gasteiger charge is -2.17. The van der Waals surface area contributed by atoms with Crippen LogP contribution in [0.2, 0.25) is 0 Å². The molecule has 1 amide bonds. The number of hydrogen-bond donors (Lipinski definition) is 2. The molecule has 2 N–H and O–H groups in total. The van der Waals surface area contributed by atoms with Gasteiger partial charge in [-0.25, -0.2) is 13.1 Å². The SMILES string of the molecule is Cc1ccc(S(=O)(=O)NCCC(=O)NC(c2ccccc2)c2ccco2)c(C)c1. The van der Waals surface area contributed by atoms with Gasteiger partial charge in [0.15, 0.2) is 0 Å². The minimum atomic E-state index is -3.68. The van der Waals surface area contributed by atoms with E-state index in [1.54, 1.807) is 37.5 Å². The third-order valence-corrected chi connectivity index (χ3v) is 6.15. The number of amides is 1. The van der Waals surface area contributed by atoms with Crippen molar-refractivity contribution in [2.24, 2.45) is 0 Å². The van der Waals surface area contributed by atoms with E-state index in [1.807, 2.05) is 43.3 Å². The number of sulfonamides is 1. The van der Waals surface area contributed by atoms with Gasteiger partial charge in [0.1, 0.15) is 11.8 Å². The Hall–Kier alpha value is -2.90. The van der Waals surface area contributed by atoms with Crippen molar-refractivity contribution in [1.29, 1.82) is 0 Å². The summed E-state index contributed by atoms with van der Waals surface area (Å²) >= 11 is 0. The summed E-state index contributed by atoms with van der Waals surface area (Å²) in [6.45, 7) is 3.66. The van der Waals surface area contributed by atoms with Crippen LogP contribution in [-0.4, -0.2) is 20.9 Å². The van der Waals surface area contributed by atoms with Gasteiger partial charge in [-0.1, -0.05) is 48.0 Å². The Bertz CT molecular complexity index is 1060. The first-order valence-corrected chi connectivity index (χ1v) is 10.8. The fraction of sp³-hybridized carbons (Fsp3) is 0.227. The maximum Gasteiger partial charge on any atom is 0.240 e. The summed E-state index contributed by atoms with van der Waals surface area (Å²) in [5.74, 6) is 0.332. The van der Waals surface area contributed by atoms with Crippen LogP contribution in [0, 0.1) is 13.8 Å². The lowest BCUT2D eigenvalue weighted by atomic mass is 10.0. The first-order valence-electron chi connectivity index (χ1n) is 9.31. The highest BCUT2D eigenvalue weighted by Crippen LogP contribution is 2.22. The molecule has 6 nitrogen and oxygen atoms in total. The molecule has 7 heteroatoms. The van der Waals surface area contributed by atoms with E-state index < -0.39 is 16.1 Å². The van der Waals surface area contributed by atoms with Crippen LogP contribution in [0.4, 0.5) is 0 Å². The predicted molar refractivity (Wildman–Crippen MR) is 111 cm³/mol. The molecule has 0 aliphatic carbocycles. The molecule has 3 rings (SSSR count). The van der Waals surface area contributed by atoms with Crippen molar-refractivity contribution < 1.29 is 17.6 Å². The Morgan fingerprint density at radius 3 is 2.45 bits per heavy atom. The quantitative estimate of drug-likeness (QED) is 0.593. The fourth-order valence-corrected chi connectivity index (χ4v) is 4.39. The molecule has 0 aliphatic heterocycles. The third-order valence-electron chi connectivity index (χ3n) is 4.53. The molecule has 0 radical (unpaired) electrons. The molecule has 29 heavy (non-hydrogen) atoms. The van der Waals surface area contributed by atoms with Gasteiger partial charge in [0, 0.05) is 13.0 Å². The van der Waals surface area contributed by atoms with Gasteiger partial charge in [-0.2, -0.15) is 0 Å². The second-order valence-corrected chi connectivity index (χ2v) is 8.58. The van der Waals surface area contributed by atoms with Crippen LogP contribution in [0.25, 0.3) is 0 Å². The zero-order valence-corrected chi connectivity index (χ0v) is 17.2. The van der Waals surface area contributed by atoms with Gasteiger partial charge in [-0.3, -0.25) is 4.79 Å². The van der Waals surface area contributed by atoms with Gasteiger partial charge >= 0.3 is 0 Å². The average Bonchev–Trinajstić information content (AvgIpc) is 3.21. The van der Waals surface area contributed by atoms with Crippen molar-refractivity contribution in [3.63, 3.8) is 0 Å². The van der Waals surface area contributed by atoms with E-state index in [-0.39, 0.29) is 23.8 Å². The van der Waals surface area contributed by atoms with Gasteiger partial charge in [-0.05, 0) is 43.2 Å². The number of rotatable bonds is 8. The van der Waals surface area contributed by atoms with Crippen LogP contribution in [0.1, 0.15) is 34.9 Å². The van der Waals surface area contributed by atoms with E-state index in [1.165, 1.54) is 0 Å². The number of benzene rings is 2. The maximum atomic E-state index is 12.5. The van der Waals surface area contributed by atoms with Crippen molar-refractivity contribution in [3.8, 4) is 0 Å². The van der Waals surface area contributed by atoms with Crippen LogP contribution in [0.5, 0.6) is 0 Å². The average molecular weight is 413 g/mol. The summed E-state index contributed by atoms with van der Waals surface area (Å²) in [5, 5.41) is 2.91. The summed E-state index contributed by atoms with van der Waals surface area (Å²) in [6, 6.07) is 17.7. The third kappa shape index (κ3) is 5.34. The summed E-state index contributed by atoms with van der Waals surface area (Å²) in [7, 11) is -3.68. The van der Waals surface area contributed by atoms with Crippen molar-refractivity contribution >= 4 is 15.9 Å². The smallest absolute Gasteiger partial charge is 0.240 e. The molecule has 1 unspecified atom stereocenters. The predicted octanol–water partition coefficient (Wildman–Crippen LogP) is 3.47. The molecule has 0 bridgehead atoms. The number of carbonyl (C=O) groups is 1. The van der Waals surface area contributed by atoms with Crippen LogP contribution in [0.3, 0.4) is 0 Å². The zero-order chi connectivity index (χ0) is 20.9. The van der Waals surface area contributed by atoms with Gasteiger partial charge < -0.3 is 9.73 Å². The number of hydrogen-bond acceptors (Lipinski definition) is 4. The van der Waals surface area contributed by atoms with Gasteiger partial charge in [0.05, 0.1) is 11.2 Å². The molecule has 0 fully saturated rings. The Morgan fingerprint density at radius 2 is 1.79 bits per heavy atom. The second kappa shape index (κ2) is 9.07. The van der Waals surface area contributed by atoms with E-state index >= 15 is 0 Å². The summed E-state index contributed by atoms with van der Waals surface area (Å²) in [5.41, 5.74) is 2.54. The summed E-state index contributed by atoms with van der Waals surface area (Å²) in [6.07, 6.45) is 1.56. The van der Waals surface area contributed by atoms with E-state index in [9.17, 15) is 13.2 Å². The Labute approximate surface area is 171 Å². The van der Waals surface area contributed by atoms with Gasteiger partial charge in [0.2, 0.25) is 15.9 Å². The molecule has 0 saturated heterocycles. The summed E-state index contributed by atoms with van der Waals surface area (Å²) in [4.78, 5) is 12.7. The van der Waals surface area contributed by atoms with E-state index in [4.69, 9.17) is 4.42 Å². The van der Waals surface area contributed by atoms with Crippen molar-refractivity contribution in [2.75, 3.05) is 6.54 Å². The van der Waals surface area contributed by atoms with Crippen molar-refractivity contribution in [1.82, 2.24) is 10.0 Å². The van der Waals surface area contributed by atoms with Crippen molar-refractivity contribution in [2.45, 2.75) is 31.2 Å². The van der Waals surface area contributed by atoms with Crippen LogP contribution in [-0.2, 0) is 14.8 Å². The van der Waals surface area contributed by atoms with Crippen LogP contribution < -0.4 is 10.0 Å². The highest BCUT2D eigenvalue weighted by atomic mass is 32.2. The lowest BCUT2D eigenvalue weighted by Crippen LogP contribution is -2.33. The minimum absolute atomic E-state index is 0.00114. The number of carbonyl (C=O) groups excluding carboxylic acids is 1. The molecular weight excluding hydrogens is 388 g/mol. The molecule has 0 spiro atoms. The normalized spacial score (nSPS) is 12.5. The first kappa shape index (κ1) is 20.8. The molecule has 1 aromatic heterocycles. The highest BCUT2D eigenvalue weighted by Gasteiger charge is 2.20. The number of nitrogens with one attached hydrogen (secondary N) is 2. The monoisotopic (exact) mass is 412 g/mol. The lowest BCUT2D eigenvalue weighted by molar-refractivity contribution is -0.121. The van der Waals surface area contributed by atoms with Crippen molar-refractivity contribution in [3.05, 3.63) is 89.4 Å². The standard InChI is InChI=1S/C22H24N2O4S/c1-16-10-11-20(17(2)15-16)29(26,27)23-13-12-21(25)24-22(19-9-6-14-28-19)18-7-4-3-5-8-18/h3-11,14-15,22-23H,12-13H2,1-2H3,(H,24,25). The van der Waals surface area contributed by atoms with E-state index in [0.717, 1.165) is 11.1 Å². The van der Waals surface area contributed by atoms with E-state index in [0.29, 0.717) is 11.3 Å². The molecule has 0 saturated carbocycles. The van der Waals surface area contributed by atoms with Gasteiger partial charge in [-0.15, -0.1) is 0 Å². The molecular formula is C22H24N2O4S. The molecule has 2 aromatic carbocycles. The maximum absolute atomic E-state index is 12.5. The largest absolute Gasteiger partial charge is 0.467 e. The van der Waals surface area contributed by atoms with Gasteiger partial charge in [0.25, 0.3) is 0 Å². The summed E-state index contributed by atoms with van der Waals surface area (Å²) < 4.78 is 33.0. The minimum Gasteiger partial charge on any atom is -0.467 e. The molecule has 0 aliphatic rings. The number of furan rings is 1. The Kier molecular flexibility index (Phi) is 6.51. The van der Waals surface area contributed by atoms with Crippen LogP contribution in [0.15, 0.2) is 76.2 Å². The molecule has 3 aromatic rings.